The molecule has 0 atom stereocenters. The van der Waals surface area contributed by atoms with E-state index in [1.165, 1.54) is 0 Å². The Morgan fingerprint density at radius 2 is 2.00 bits per heavy atom. The fraction of sp³-hybridized carbons (Fsp3) is 0.235. The lowest BCUT2D eigenvalue weighted by Crippen LogP contribution is -2.13. The van der Waals surface area contributed by atoms with Crippen molar-refractivity contribution in [2.24, 2.45) is 0 Å². The Kier molecular flexibility index (Phi) is 3.88. The number of nitrogens with one attached hydrogen (secondary N) is 1. The summed E-state index contributed by atoms with van der Waals surface area (Å²) in [5.74, 6) is 1.65. The maximum absolute atomic E-state index is 5.84. The number of hydrogen-bond acceptors (Lipinski definition) is 4. The molecule has 0 saturated heterocycles. The second-order valence-corrected chi connectivity index (χ2v) is 4.97. The first-order chi connectivity index (χ1) is 10.3. The SMILES string of the molecule is COc1cccc2cc(CNCc3cccc(C)n3)oc12. The summed E-state index contributed by atoms with van der Waals surface area (Å²) in [7, 11) is 1.65. The van der Waals surface area contributed by atoms with Gasteiger partial charge in [-0.2, -0.15) is 0 Å². The van der Waals surface area contributed by atoms with Gasteiger partial charge in [0.1, 0.15) is 5.76 Å². The van der Waals surface area contributed by atoms with E-state index >= 15 is 0 Å². The average Bonchev–Trinajstić information content (AvgIpc) is 2.90. The number of nitrogens with zero attached hydrogens (tertiary/aromatic N) is 1. The maximum Gasteiger partial charge on any atom is 0.176 e. The van der Waals surface area contributed by atoms with Crippen LogP contribution in [0.1, 0.15) is 17.1 Å². The van der Waals surface area contributed by atoms with Gasteiger partial charge in [0.25, 0.3) is 0 Å². The predicted octanol–water partition coefficient (Wildman–Crippen LogP) is 3.43. The zero-order valence-corrected chi connectivity index (χ0v) is 12.2. The molecule has 0 unspecified atom stereocenters. The summed E-state index contributed by atoms with van der Waals surface area (Å²) in [5, 5.41) is 4.40. The van der Waals surface area contributed by atoms with Crippen molar-refractivity contribution in [2.45, 2.75) is 20.0 Å². The average molecular weight is 282 g/mol. The topological polar surface area (TPSA) is 47.3 Å². The molecule has 0 radical (unpaired) electrons. The number of rotatable bonds is 5. The van der Waals surface area contributed by atoms with Crippen molar-refractivity contribution in [3.05, 3.63) is 59.6 Å². The Hall–Kier alpha value is -2.33. The van der Waals surface area contributed by atoms with Crippen LogP contribution in [0.5, 0.6) is 5.75 Å². The Balaban J connectivity index is 1.68. The molecule has 1 N–H and O–H groups in total. The number of fused-ring (bicyclic) bond motifs is 1. The first kappa shape index (κ1) is 13.6. The molecule has 0 aliphatic heterocycles. The van der Waals surface area contributed by atoms with Crippen molar-refractivity contribution in [1.82, 2.24) is 10.3 Å². The predicted molar refractivity (Wildman–Crippen MR) is 82.3 cm³/mol. The molecule has 4 heteroatoms. The van der Waals surface area contributed by atoms with Crippen LogP contribution in [0.4, 0.5) is 0 Å². The Labute approximate surface area is 123 Å². The van der Waals surface area contributed by atoms with Crippen LogP contribution in [0.15, 0.2) is 46.9 Å². The largest absolute Gasteiger partial charge is 0.493 e. The molecular weight excluding hydrogens is 264 g/mol. The second kappa shape index (κ2) is 5.97. The number of aromatic nitrogens is 1. The van der Waals surface area contributed by atoms with Gasteiger partial charge in [-0.1, -0.05) is 18.2 Å². The van der Waals surface area contributed by atoms with E-state index in [1.807, 2.05) is 49.4 Å². The van der Waals surface area contributed by atoms with Crippen LogP contribution in [0.25, 0.3) is 11.0 Å². The Morgan fingerprint density at radius 3 is 2.81 bits per heavy atom. The molecule has 2 aromatic heterocycles. The Morgan fingerprint density at radius 1 is 1.14 bits per heavy atom. The van der Waals surface area contributed by atoms with Crippen LogP contribution in [0, 0.1) is 6.92 Å². The van der Waals surface area contributed by atoms with Crippen molar-refractivity contribution in [1.29, 1.82) is 0 Å². The fourth-order valence-corrected chi connectivity index (χ4v) is 2.35. The van der Waals surface area contributed by atoms with Crippen LogP contribution in [0.3, 0.4) is 0 Å². The monoisotopic (exact) mass is 282 g/mol. The number of pyridine rings is 1. The third-order valence-corrected chi connectivity index (χ3v) is 3.33. The zero-order valence-electron chi connectivity index (χ0n) is 12.2. The number of benzene rings is 1. The van der Waals surface area contributed by atoms with Crippen LogP contribution in [0.2, 0.25) is 0 Å². The van der Waals surface area contributed by atoms with E-state index in [1.54, 1.807) is 7.11 Å². The van der Waals surface area contributed by atoms with Crippen molar-refractivity contribution in [2.75, 3.05) is 7.11 Å². The highest BCUT2D eigenvalue weighted by Gasteiger charge is 2.08. The van der Waals surface area contributed by atoms with Gasteiger partial charge in [0.15, 0.2) is 11.3 Å². The summed E-state index contributed by atoms with van der Waals surface area (Å²) in [4.78, 5) is 4.46. The standard InChI is InChI=1S/C17H18N2O2/c1-12-5-3-7-14(19-12)10-18-11-15-9-13-6-4-8-16(20-2)17(13)21-15/h3-9,18H,10-11H2,1-2H3. The number of para-hydroxylation sites is 1. The second-order valence-electron chi connectivity index (χ2n) is 4.97. The summed E-state index contributed by atoms with van der Waals surface area (Å²) in [6, 6.07) is 14.0. The summed E-state index contributed by atoms with van der Waals surface area (Å²) in [6.45, 7) is 3.37. The molecule has 0 aliphatic carbocycles. The molecule has 2 heterocycles. The van der Waals surface area contributed by atoms with Gasteiger partial charge in [0.05, 0.1) is 19.3 Å². The molecular formula is C17H18N2O2. The molecule has 0 aliphatic rings. The van der Waals surface area contributed by atoms with E-state index in [0.29, 0.717) is 6.54 Å². The molecule has 3 aromatic rings. The normalized spacial score (nSPS) is 11.0. The number of furan rings is 1. The van der Waals surface area contributed by atoms with Crippen molar-refractivity contribution in [3.63, 3.8) is 0 Å². The molecule has 108 valence electrons. The lowest BCUT2D eigenvalue weighted by molar-refractivity contribution is 0.406. The van der Waals surface area contributed by atoms with E-state index in [9.17, 15) is 0 Å². The molecule has 0 saturated carbocycles. The van der Waals surface area contributed by atoms with Crippen LogP contribution >= 0.6 is 0 Å². The smallest absolute Gasteiger partial charge is 0.176 e. The van der Waals surface area contributed by atoms with Crippen LogP contribution < -0.4 is 10.1 Å². The number of ether oxygens (including phenoxy) is 1. The highest BCUT2D eigenvalue weighted by Crippen LogP contribution is 2.28. The minimum absolute atomic E-state index is 0.660. The molecule has 0 spiro atoms. The van der Waals surface area contributed by atoms with E-state index in [4.69, 9.17) is 9.15 Å². The van der Waals surface area contributed by atoms with E-state index in [-0.39, 0.29) is 0 Å². The summed E-state index contributed by atoms with van der Waals surface area (Å²) in [5.41, 5.74) is 2.86. The molecule has 3 rings (SSSR count). The number of hydrogen-bond donors (Lipinski definition) is 1. The van der Waals surface area contributed by atoms with Gasteiger partial charge in [0.2, 0.25) is 0 Å². The van der Waals surface area contributed by atoms with E-state index in [2.05, 4.69) is 10.3 Å². The Bertz CT molecular complexity index is 749. The lowest BCUT2D eigenvalue weighted by atomic mass is 10.2. The van der Waals surface area contributed by atoms with E-state index < -0.39 is 0 Å². The molecule has 4 nitrogen and oxygen atoms in total. The van der Waals surface area contributed by atoms with Gasteiger partial charge in [-0.15, -0.1) is 0 Å². The van der Waals surface area contributed by atoms with Gasteiger partial charge in [0, 0.05) is 17.6 Å². The van der Waals surface area contributed by atoms with Gasteiger partial charge in [-0.05, 0) is 31.2 Å². The van der Waals surface area contributed by atoms with Crippen LogP contribution in [-0.2, 0) is 13.1 Å². The minimum Gasteiger partial charge on any atom is -0.493 e. The van der Waals surface area contributed by atoms with Crippen LogP contribution in [-0.4, -0.2) is 12.1 Å². The molecule has 1 aromatic carbocycles. The maximum atomic E-state index is 5.84. The summed E-state index contributed by atoms with van der Waals surface area (Å²) < 4.78 is 11.1. The van der Waals surface area contributed by atoms with Crippen molar-refractivity contribution < 1.29 is 9.15 Å². The van der Waals surface area contributed by atoms with Crippen molar-refractivity contribution in [3.8, 4) is 5.75 Å². The summed E-state index contributed by atoms with van der Waals surface area (Å²) in [6.07, 6.45) is 0. The van der Waals surface area contributed by atoms with Gasteiger partial charge in [-0.3, -0.25) is 4.98 Å². The number of aryl methyl sites for hydroxylation is 1. The quantitative estimate of drug-likeness (QED) is 0.778. The highest BCUT2D eigenvalue weighted by molar-refractivity contribution is 5.83. The first-order valence-electron chi connectivity index (χ1n) is 6.95. The molecule has 0 bridgehead atoms. The lowest BCUT2D eigenvalue weighted by Gasteiger charge is -2.03. The van der Waals surface area contributed by atoms with Gasteiger partial charge >= 0.3 is 0 Å². The van der Waals surface area contributed by atoms with E-state index in [0.717, 1.165) is 40.4 Å². The first-order valence-corrected chi connectivity index (χ1v) is 6.95. The van der Waals surface area contributed by atoms with Crippen molar-refractivity contribution >= 4 is 11.0 Å². The molecule has 0 amide bonds. The third kappa shape index (κ3) is 3.06. The van der Waals surface area contributed by atoms with Gasteiger partial charge in [-0.25, -0.2) is 0 Å². The number of methoxy groups -OCH3 is 1. The fourth-order valence-electron chi connectivity index (χ4n) is 2.35. The zero-order chi connectivity index (χ0) is 14.7. The minimum atomic E-state index is 0.660. The highest BCUT2D eigenvalue weighted by atomic mass is 16.5. The van der Waals surface area contributed by atoms with Gasteiger partial charge < -0.3 is 14.5 Å². The third-order valence-electron chi connectivity index (χ3n) is 3.33. The molecule has 0 fully saturated rings. The summed E-state index contributed by atoms with van der Waals surface area (Å²) >= 11 is 0. The molecule has 21 heavy (non-hydrogen) atoms.